The molecular weight excluding hydrogens is 425 g/mol. The van der Waals surface area contributed by atoms with Gasteiger partial charge in [0.05, 0.1) is 11.3 Å². The van der Waals surface area contributed by atoms with Crippen molar-refractivity contribution in [1.82, 2.24) is 10.1 Å². The lowest BCUT2D eigenvalue weighted by atomic mass is 9.99. The molecule has 0 fully saturated rings. The van der Waals surface area contributed by atoms with Gasteiger partial charge in [0.2, 0.25) is 5.78 Å². The first-order valence-corrected chi connectivity index (χ1v) is 8.49. The van der Waals surface area contributed by atoms with Gasteiger partial charge < -0.3 is 9.51 Å². The van der Waals surface area contributed by atoms with Crippen molar-refractivity contribution < 1.29 is 22.9 Å². The van der Waals surface area contributed by atoms with E-state index in [1.54, 1.807) is 0 Å². The molecule has 27 heavy (non-hydrogen) atoms. The molecule has 3 rings (SSSR count). The van der Waals surface area contributed by atoms with Crippen molar-refractivity contribution in [3.8, 4) is 11.3 Å². The van der Waals surface area contributed by atoms with Gasteiger partial charge in [-0.3, -0.25) is 9.59 Å². The van der Waals surface area contributed by atoms with Crippen LogP contribution in [0.4, 0.5) is 8.78 Å². The molecule has 2 heterocycles. The van der Waals surface area contributed by atoms with Gasteiger partial charge in [0.25, 0.3) is 3.79 Å². The zero-order valence-electron chi connectivity index (χ0n) is 13.4. The van der Waals surface area contributed by atoms with Crippen LogP contribution < -0.4 is 0 Å². The van der Waals surface area contributed by atoms with Gasteiger partial charge in [-0.1, -0.05) is 40.0 Å². The Morgan fingerprint density at radius 1 is 1.15 bits per heavy atom. The maximum Gasteiger partial charge on any atom is 0.254 e. The Bertz CT molecular complexity index is 1050. The van der Waals surface area contributed by atoms with E-state index in [0.717, 1.165) is 12.1 Å². The minimum Gasteiger partial charge on any atom is -0.360 e. The lowest BCUT2D eigenvalue weighted by Crippen LogP contribution is -2.19. The number of carbonyl (C=O) groups is 2. The summed E-state index contributed by atoms with van der Waals surface area (Å²) < 4.78 is 29.6. The van der Waals surface area contributed by atoms with Crippen molar-refractivity contribution in [2.75, 3.05) is 0 Å². The maximum atomic E-state index is 13.5. The highest BCUT2D eigenvalue weighted by molar-refractivity contribution is 6.77. The molecule has 0 saturated heterocycles. The van der Waals surface area contributed by atoms with Crippen molar-refractivity contribution in [3.05, 3.63) is 64.7 Å². The number of aromatic nitrogens is 2. The van der Waals surface area contributed by atoms with E-state index in [0.29, 0.717) is 0 Å². The first-order valence-electron chi connectivity index (χ1n) is 7.36. The predicted octanol–water partition coefficient (Wildman–Crippen LogP) is 5.04. The van der Waals surface area contributed by atoms with E-state index in [1.165, 1.54) is 25.3 Å². The summed E-state index contributed by atoms with van der Waals surface area (Å²) in [4.78, 5) is 27.4. The third-order valence-corrected chi connectivity index (χ3v) is 4.25. The lowest BCUT2D eigenvalue weighted by molar-refractivity contribution is 0.0992. The molecule has 10 heteroatoms. The smallest absolute Gasteiger partial charge is 0.254 e. The summed E-state index contributed by atoms with van der Waals surface area (Å²) in [6.45, 7) is 1.49. The molecule has 0 aliphatic heterocycles. The van der Waals surface area contributed by atoms with Crippen molar-refractivity contribution >= 4 is 46.4 Å². The van der Waals surface area contributed by atoms with E-state index in [1.807, 2.05) is 0 Å². The van der Waals surface area contributed by atoms with E-state index in [9.17, 15) is 18.4 Å². The van der Waals surface area contributed by atoms with Crippen LogP contribution in [0.3, 0.4) is 0 Å². The monoisotopic (exact) mass is 432 g/mol. The number of nitrogens with one attached hydrogen (secondary N) is 1. The zero-order chi connectivity index (χ0) is 19.9. The average molecular weight is 434 g/mol. The molecule has 140 valence electrons. The molecular formula is C17H9Cl3F2N2O3. The molecule has 0 aliphatic carbocycles. The molecule has 0 amide bonds. The normalized spacial score (nSPS) is 11.6. The van der Waals surface area contributed by atoms with Crippen LogP contribution in [0.1, 0.15) is 32.2 Å². The van der Waals surface area contributed by atoms with E-state index in [4.69, 9.17) is 39.3 Å². The number of aromatic amines is 1. The van der Waals surface area contributed by atoms with E-state index >= 15 is 0 Å². The van der Waals surface area contributed by atoms with E-state index in [2.05, 4.69) is 10.1 Å². The third-order valence-electron chi connectivity index (χ3n) is 3.73. The van der Waals surface area contributed by atoms with Gasteiger partial charge in [0.1, 0.15) is 11.5 Å². The van der Waals surface area contributed by atoms with Crippen LogP contribution in [0.2, 0.25) is 0 Å². The van der Waals surface area contributed by atoms with Crippen LogP contribution in [0, 0.1) is 18.6 Å². The largest absolute Gasteiger partial charge is 0.360 e. The van der Waals surface area contributed by atoms with Crippen LogP contribution in [-0.4, -0.2) is 25.5 Å². The fourth-order valence-electron chi connectivity index (χ4n) is 2.43. The molecule has 0 saturated carbocycles. The minimum absolute atomic E-state index is 0.0341. The van der Waals surface area contributed by atoms with Crippen molar-refractivity contribution in [2.24, 2.45) is 0 Å². The van der Waals surface area contributed by atoms with Crippen LogP contribution >= 0.6 is 34.8 Å². The molecule has 3 aromatic rings. The van der Waals surface area contributed by atoms with Gasteiger partial charge in [-0.05, 0) is 31.2 Å². The minimum atomic E-state index is -2.19. The number of hydrogen-bond donors (Lipinski definition) is 1. The summed E-state index contributed by atoms with van der Waals surface area (Å²) in [7, 11) is 0. The van der Waals surface area contributed by atoms with Gasteiger partial charge in [-0.2, -0.15) is 0 Å². The Morgan fingerprint density at radius 3 is 2.48 bits per heavy atom. The molecule has 1 aromatic carbocycles. The standard InChI is InChI=1S/C17H9Cl3F2N2O3/c1-7-13(14(24-27-7)8-2-3-10(21)11(22)4-8)15(25)9-5-12(23-6-9)16(26)17(18,19)20/h2-6,23H,1H3. The second-order valence-corrected chi connectivity index (χ2v) is 7.83. The summed E-state index contributed by atoms with van der Waals surface area (Å²) in [5.41, 5.74) is 0.214. The van der Waals surface area contributed by atoms with Gasteiger partial charge in [-0.25, -0.2) is 8.78 Å². The molecule has 0 aliphatic rings. The lowest BCUT2D eigenvalue weighted by Gasteiger charge is -2.06. The average Bonchev–Trinajstić information content (AvgIpc) is 3.22. The Morgan fingerprint density at radius 2 is 1.85 bits per heavy atom. The second kappa shape index (κ2) is 7.07. The fraction of sp³-hybridized carbons (Fsp3) is 0.118. The summed E-state index contributed by atoms with van der Waals surface area (Å²) >= 11 is 16.6. The summed E-state index contributed by atoms with van der Waals surface area (Å²) in [5, 5.41) is 3.76. The molecule has 0 unspecified atom stereocenters. The van der Waals surface area contributed by atoms with Crippen LogP contribution in [-0.2, 0) is 0 Å². The van der Waals surface area contributed by atoms with Crippen LogP contribution in [0.25, 0.3) is 11.3 Å². The van der Waals surface area contributed by atoms with E-state index < -0.39 is 27.0 Å². The Kier molecular flexibility index (Phi) is 5.12. The highest BCUT2D eigenvalue weighted by Gasteiger charge is 2.33. The first-order chi connectivity index (χ1) is 12.6. The fourth-order valence-corrected chi connectivity index (χ4v) is 2.74. The van der Waals surface area contributed by atoms with E-state index in [-0.39, 0.29) is 33.8 Å². The number of carbonyl (C=O) groups excluding carboxylic acids is 2. The van der Waals surface area contributed by atoms with Crippen molar-refractivity contribution in [3.63, 3.8) is 0 Å². The number of H-pyrrole nitrogens is 1. The van der Waals surface area contributed by atoms with Crippen LogP contribution in [0.15, 0.2) is 35.0 Å². The molecule has 0 atom stereocenters. The summed E-state index contributed by atoms with van der Waals surface area (Å²) in [5.74, 6) is -3.37. The predicted molar refractivity (Wildman–Crippen MR) is 95.4 cm³/mol. The highest BCUT2D eigenvalue weighted by Crippen LogP contribution is 2.32. The molecule has 5 nitrogen and oxygen atoms in total. The number of hydrogen-bond acceptors (Lipinski definition) is 4. The van der Waals surface area contributed by atoms with Gasteiger partial charge in [-0.15, -0.1) is 0 Å². The molecule has 0 bridgehead atoms. The Balaban J connectivity index is 2.02. The van der Waals surface area contributed by atoms with Gasteiger partial charge >= 0.3 is 0 Å². The Hall–Kier alpha value is -2.22. The molecule has 2 aromatic heterocycles. The summed E-state index contributed by atoms with van der Waals surface area (Å²) in [6.07, 6.45) is 1.26. The highest BCUT2D eigenvalue weighted by atomic mass is 35.6. The summed E-state index contributed by atoms with van der Waals surface area (Å²) in [6, 6.07) is 4.30. The van der Waals surface area contributed by atoms with Crippen LogP contribution in [0.5, 0.6) is 0 Å². The second-order valence-electron chi connectivity index (χ2n) is 5.55. The number of alkyl halides is 3. The third kappa shape index (κ3) is 3.76. The number of nitrogens with zero attached hydrogens (tertiary/aromatic N) is 1. The number of ketones is 2. The topological polar surface area (TPSA) is 76.0 Å². The number of benzene rings is 1. The number of halogens is 5. The zero-order valence-corrected chi connectivity index (χ0v) is 15.7. The molecule has 0 spiro atoms. The number of aryl methyl sites for hydroxylation is 1. The quantitative estimate of drug-likeness (QED) is 0.462. The molecule has 0 radical (unpaired) electrons. The SMILES string of the molecule is Cc1onc(-c2ccc(F)c(F)c2)c1C(=O)c1c[nH]c(C(=O)C(Cl)(Cl)Cl)c1. The van der Waals surface area contributed by atoms with Crippen molar-refractivity contribution in [1.29, 1.82) is 0 Å². The maximum absolute atomic E-state index is 13.5. The van der Waals surface area contributed by atoms with Crippen molar-refractivity contribution in [2.45, 2.75) is 10.7 Å². The van der Waals surface area contributed by atoms with Gasteiger partial charge in [0.15, 0.2) is 17.4 Å². The van der Waals surface area contributed by atoms with Gasteiger partial charge in [0, 0.05) is 17.3 Å². The number of rotatable bonds is 4. The molecule has 1 N–H and O–H groups in total. The number of Topliss-reactive ketones (excluding diaryl/α,β-unsaturated/α-hetero) is 1. The first kappa shape index (κ1) is 19.5. The Labute approximate surface area is 166 Å².